The molecule has 3 aromatic rings. The minimum absolute atomic E-state index is 0.142. The van der Waals surface area contributed by atoms with Crippen molar-refractivity contribution in [3.63, 3.8) is 0 Å². The van der Waals surface area contributed by atoms with E-state index in [1.165, 1.54) is 18.3 Å². The lowest BCUT2D eigenvalue weighted by Gasteiger charge is -2.13. The first-order valence-corrected chi connectivity index (χ1v) is 8.92. The van der Waals surface area contributed by atoms with Gasteiger partial charge in [-0.3, -0.25) is 14.6 Å². The quantitative estimate of drug-likeness (QED) is 0.676. The van der Waals surface area contributed by atoms with E-state index in [1.807, 2.05) is 31.1 Å². The summed E-state index contributed by atoms with van der Waals surface area (Å²) in [6.07, 6.45) is 1.42. The molecule has 1 aromatic heterocycles. The number of pyridine rings is 1. The van der Waals surface area contributed by atoms with Gasteiger partial charge < -0.3 is 15.5 Å². The molecular weight excluding hydrogens is 376 g/mol. The molecule has 3 rings (SSSR count). The summed E-state index contributed by atoms with van der Waals surface area (Å²) in [6, 6.07) is 17.3. The summed E-state index contributed by atoms with van der Waals surface area (Å²) in [5.41, 5.74) is 2.61. The highest BCUT2D eigenvalue weighted by Gasteiger charge is 2.13. The summed E-state index contributed by atoms with van der Waals surface area (Å²) in [5.74, 6) is -0.773. The van der Waals surface area contributed by atoms with Crippen molar-refractivity contribution >= 4 is 40.5 Å². The maximum absolute atomic E-state index is 12.5. The van der Waals surface area contributed by atoms with Crippen LogP contribution in [0.2, 0.25) is 5.02 Å². The minimum atomic E-state index is -0.398. The number of para-hydroxylation sites is 1. The van der Waals surface area contributed by atoms with Crippen molar-refractivity contribution in [1.29, 1.82) is 0 Å². The van der Waals surface area contributed by atoms with Crippen molar-refractivity contribution in [3.05, 3.63) is 83.1 Å². The van der Waals surface area contributed by atoms with Gasteiger partial charge in [0.1, 0.15) is 5.69 Å². The maximum atomic E-state index is 12.5. The molecule has 6 nitrogen and oxygen atoms in total. The van der Waals surface area contributed by atoms with Gasteiger partial charge in [0.05, 0.1) is 10.7 Å². The van der Waals surface area contributed by atoms with Gasteiger partial charge in [-0.1, -0.05) is 23.7 Å². The number of halogens is 1. The third kappa shape index (κ3) is 4.66. The Hall–Kier alpha value is -3.38. The molecule has 142 valence electrons. The van der Waals surface area contributed by atoms with Gasteiger partial charge in [-0.25, -0.2) is 0 Å². The second-order valence-corrected chi connectivity index (χ2v) is 6.67. The molecule has 0 aliphatic rings. The highest BCUT2D eigenvalue weighted by molar-refractivity contribution is 6.33. The molecule has 0 radical (unpaired) electrons. The predicted octanol–water partition coefficient (Wildman–Crippen LogP) is 4.31. The fraction of sp³-hybridized carbons (Fsp3) is 0.0952. The van der Waals surface area contributed by atoms with E-state index in [1.54, 1.807) is 36.4 Å². The Kier molecular flexibility index (Phi) is 5.91. The highest BCUT2D eigenvalue weighted by Crippen LogP contribution is 2.21. The topological polar surface area (TPSA) is 74.3 Å². The molecule has 0 fully saturated rings. The minimum Gasteiger partial charge on any atom is -0.378 e. The van der Waals surface area contributed by atoms with Crippen molar-refractivity contribution in [1.82, 2.24) is 4.98 Å². The van der Waals surface area contributed by atoms with Gasteiger partial charge in [0.25, 0.3) is 11.8 Å². The Morgan fingerprint density at radius 1 is 0.929 bits per heavy atom. The zero-order valence-electron chi connectivity index (χ0n) is 15.4. The van der Waals surface area contributed by atoms with E-state index < -0.39 is 5.91 Å². The van der Waals surface area contributed by atoms with Gasteiger partial charge in [-0.15, -0.1) is 0 Å². The van der Waals surface area contributed by atoms with E-state index in [0.29, 0.717) is 22.0 Å². The second-order valence-electron chi connectivity index (χ2n) is 6.26. The lowest BCUT2D eigenvalue weighted by atomic mass is 10.2. The van der Waals surface area contributed by atoms with E-state index in [9.17, 15) is 9.59 Å². The SMILES string of the molecule is CN(C)c1ccc(NC(=O)c2cc(C(=O)Nc3ccccc3Cl)ccn2)cc1. The van der Waals surface area contributed by atoms with E-state index in [0.717, 1.165) is 5.69 Å². The van der Waals surface area contributed by atoms with Crippen LogP contribution in [0.4, 0.5) is 17.1 Å². The van der Waals surface area contributed by atoms with Crippen molar-refractivity contribution in [3.8, 4) is 0 Å². The third-order valence-electron chi connectivity index (χ3n) is 4.02. The van der Waals surface area contributed by atoms with Gasteiger partial charge in [0.2, 0.25) is 0 Å². The number of anilines is 3. The molecule has 0 unspecified atom stereocenters. The molecular formula is C21H19ClN4O2. The smallest absolute Gasteiger partial charge is 0.274 e. The molecule has 2 amide bonds. The average molecular weight is 395 g/mol. The van der Waals surface area contributed by atoms with Gasteiger partial charge >= 0.3 is 0 Å². The van der Waals surface area contributed by atoms with E-state index in [-0.39, 0.29) is 11.6 Å². The molecule has 0 saturated heterocycles. The normalized spacial score (nSPS) is 10.2. The molecule has 7 heteroatoms. The monoisotopic (exact) mass is 394 g/mol. The number of aromatic nitrogens is 1. The van der Waals surface area contributed by atoms with Crippen molar-refractivity contribution in [2.24, 2.45) is 0 Å². The first kappa shape index (κ1) is 19.4. The first-order chi connectivity index (χ1) is 13.4. The number of rotatable bonds is 5. The number of carbonyl (C=O) groups is 2. The van der Waals surface area contributed by atoms with Gasteiger partial charge in [-0.05, 0) is 48.5 Å². The summed E-state index contributed by atoms with van der Waals surface area (Å²) >= 11 is 6.06. The number of carbonyl (C=O) groups excluding carboxylic acids is 2. The summed E-state index contributed by atoms with van der Waals surface area (Å²) in [6.45, 7) is 0. The molecule has 0 saturated carbocycles. The molecule has 0 atom stereocenters. The van der Waals surface area contributed by atoms with Crippen LogP contribution in [-0.2, 0) is 0 Å². The van der Waals surface area contributed by atoms with E-state index in [2.05, 4.69) is 15.6 Å². The Morgan fingerprint density at radius 2 is 1.64 bits per heavy atom. The predicted molar refractivity (Wildman–Crippen MR) is 112 cm³/mol. The van der Waals surface area contributed by atoms with Crippen molar-refractivity contribution in [2.45, 2.75) is 0 Å². The summed E-state index contributed by atoms with van der Waals surface area (Å²) in [5, 5.41) is 5.93. The number of nitrogens with one attached hydrogen (secondary N) is 2. The van der Waals surface area contributed by atoms with Crippen LogP contribution in [0.1, 0.15) is 20.8 Å². The zero-order valence-corrected chi connectivity index (χ0v) is 16.2. The van der Waals surface area contributed by atoms with Crippen LogP contribution in [0.25, 0.3) is 0 Å². The Labute approximate surface area is 168 Å². The number of amides is 2. The Bertz CT molecular complexity index is 1000. The van der Waals surface area contributed by atoms with Crippen LogP contribution in [0.15, 0.2) is 66.9 Å². The molecule has 2 N–H and O–H groups in total. The van der Waals surface area contributed by atoms with Crippen molar-refractivity contribution in [2.75, 3.05) is 29.6 Å². The van der Waals surface area contributed by atoms with E-state index >= 15 is 0 Å². The van der Waals surface area contributed by atoms with Crippen molar-refractivity contribution < 1.29 is 9.59 Å². The van der Waals surface area contributed by atoms with Gasteiger partial charge in [-0.2, -0.15) is 0 Å². The van der Waals surface area contributed by atoms with Crippen LogP contribution in [0.5, 0.6) is 0 Å². The van der Waals surface area contributed by atoms with Crippen LogP contribution in [0, 0.1) is 0 Å². The molecule has 0 bridgehead atoms. The third-order valence-corrected chi connectivity index (χ3v) is 4.35. The Balaban J connectivity index is 1.72. The highest BCUT2D eigenvalue weighted by atomic mass is 35.5. The van der Waals surface area contributed by atoms with Gasteiger partial charge in [0, 0.05) is 37.2 Å². The molecule has 2 aromatic carbocycles. The van der Waals surface area contributed by atoms with Crippen LogP contribution < -0.4 is 15.5 Å². The molecule has 0 aliphatic heterocycles. The number of hydrogen-bond donors (Lipinski definition) is 2. The van der Waals surface area contributed by atoms with Crippen LogP contribution >= 0.6 is 11.6 Å². The lowest BCUT2D eigenvalue weighted by Crippen LogP contribution is -2.17. The summed E-state index contributed by atoms with van der Waals surface area (Å²) < 4.78 is 0. The first-order valence-electron chi connectivity index (χ1n) is 8.55. The maximum Gasteiger partial charge on any atom is 0.274 e. The molecule has 0 aliphatic carbocycles. The average Bonchev–Trinajstić information content (AvgIpc) is 2.70. The van der Waals surface area contributed by atoms with E-state index in [4.69, 9.17) is 11.6 Å². The fourth-order valence-electron chi connectivity index (χ4n) is 2.49. The fourth-order valence-corrected chi connectivity index (χ4v) is 2.67. The lowest BCUT2D eigenvalue weighted by molar-refractivity contribution is 0.102. The van der Waals surface area contributed by atoms with Crippen LogP contribution in [0.3, 0.4) is 0 Å². The number of benzene rings is 2. The summed E-state index contributed by atoms with van der Waals surface area (Å²) in [4.78, 5) is 31.0. The summed E-state index contributed by atoms with van der Waals surface area (Å²) in [7, 11) is 3.88. The molecule has 28 heavy (non-hydrogen) atoms. The number of nitrogens with zero attached hydrogens (tertiary/aromatic N) is 2. The standard InChI is InChI=1S/C21H19ClN4O2/c1-26(2)16-9-7-15(8-10-16)24-21(28)19-13-14(11-12-23-19)20(27)25-18-6-4-3-5-17(18)22/h3-13H,1-2H3,(H,24,28)(H,25,27). The number of hydrogen-bond acceptors (Lipinski definition) is 4. The Morgan fingerprint density at radius 3 is 2.32 bits per heavy atom. The van der Waals surface area contributed by atoms with Gasteiger partial charge in [0.15, 0.2) is 0 Å². The molecule has 1 heterocycles. The largest absolute Gasteiger partial charge is 0.378 e. The second kappa shape index (κ2) is 8.54. The van der Waals surface area contributed by atoms with Crippen LogP contribution in [-0.4, -0.2) is 30.9 Å². The zero-order chi connectivity index (χ0) is 20.1. The molecule has 0 spiro atoms.